The highest BCUT2D eigenvalue weighted by molar-refractivity contribution is 5.00. The van der Waals surface area contributed by atoms with E-state index in [0.717, 1.165) is 38.5 Å². The van der Waals surface area contributed by atoms with Gasteiger partial charge in [-0.15, -0.1) is 0 Å². The maximum atomic E-state index is 13.3. The van der Waals surface area contributed by atoms with Crippen molar-refractivity contribution < 1.29 is 22.6 Å². The van der Waals surface area contributed by atoms with Crippen molar-refractivity contribution in [2.24, 2.45) is 17.8 Å². The number of hydrogen-bond acceptors (Lipinski definition) is 2. The molecule has 2 aliphatic rings. The van der Waals surface area contributed by atoms with Crippen LogP contribution in [0.25, 0.3) is 0 Å². The van der Waals surface area contributed by atoms with Crippen molar-refractivity contribution in [1.82, 2.24) is 0 Å². The van der Waals surface area contributed by atoms with Crippen LogP contribution in [0.5, 0.6) is 0 Å². The first-order valence-corrected chi connectivity index (χ1v) is 8.43. The lowest BCUT2D eigenvalue weighted by Crippen LogP contribution is -2.29. The molecule has 0 spiro atoms. The minimum atomic E-state index is -2.13. The van der Waals surface area contributed by atoms with Crippen molar-refractivity contribution in [3.63, 3.8) is 0 Å². The minimum absolute atomic E-state index is 0.337. The Labute approximate surface area is 131 Å². The highest BCUT2D eigenvalue weighted by Crippen LogP contribution is 2.42. The number of allylic oxidation sites excluding steroid dienone is 1. The van der Waals surface area contributed by atoms with Gasteiger partial charge >= 0.3 is 6.08 Å². The Morgan fingerprint density at radius 2 is 1.36 bits per heavy atom. The van der Waals surface area contributed by atoms with Gasteiger partial charge in [0.05, 0.1) is 19.3 Å². The van der Waals surface area contributed by atoms with Crippen molar-refractivity contribution in [1.29, 1.82) is 0 Å². The Kier molecular flexibility index (Phi) is 7.22. The topological polar surface area (TPSA) is 18.5 Å². The molecule has 128 valence electrons. The van der Waals surface area contributed by atoms with E-state index in [-0.39, 0.29) is 0 Å². The Hall–Kier alpha value is -0.550. The zero-order valence-corrected chi connectivity index (χ0v) is 13.3. The lowest BCUT2D eigenvalue weighted by atomic mass is 9.70. The fourth-order valence-corrected chi connectivity index (χ4v) is 4.02. The lowest BCUT2D eigenvalue weighted by molar-refractivity contribution is -0.0146. The molecule has 0 aromatic carbocycles. The molecular formula is C17H27F3O2. The van der Waals surface area contributed by atoms with Crippen LogP contribution in [0.4, 0.5) is 13.2 Å². The van der Waals surface area contributed by atoms with Crippen molar-refractivity contribution in [3.8, 4) is 0 Å². The molecule has 0 amide bonds. The molecule has 0 N–H and O–H groups in total. The summed E-state index contributed by atoms with van der Waals surface area (Å²) in [6, 6.07) is 0. The summed E-state index contributed by atoms with van der Waals surface area (Å²) in [5.74, 6) is -0.485. The molecule has 0 bridgehead atoms. The summed E-state index contributed by atoms with van der Waals surface area (Å²) in [6.07, 6.45) is 5.53. The maximum Gasteiger partial charge on any atom is 0.301 e. The van der Waals surface area contributed by atoms with Crippen LogP contribution in [0.3, 0.4) is 0 Å². The number of ether oxygens (including phenoxy) is 2. The number of methoxy groups -OCH3 is 1. The third-order valence-corrected chi connectivity index (χ3v) is 5.34. The molecule has 5 heteroatoms. The molecule has 0 aromatic heterocycles. The standard InChI is InChI=1S/C17H27F3O2/c1-21-10-11-22-15-8-6-13(7-9-15)12-2-4-14(5-3-12)16(18)17(19)20/h12-15H,2-11H2,1H3. The summed E-state index contributed by atoms with van der Waals surface area (Å²) in [7, 11) is 1.67. The van der Waals surface area contributed by atoms with Gasteiger partial charge in [-0.1, -0.05) is 0 Å². The van der Waals surface area contributed by atoms with Crippen molar-refractivity contribution >= 4 is 0 Å². The number of rotatable bonds is 6. The lowest BCUT2D eigenvalue weighted by Gasteiger charge is -2.37. The fraction of sp³-hybridized carbons (Fsp3) is 0.882. The second kappa shape index (κ2) is 8.92. The Balaban J connectivity index is 1.69. The largest absolute Gasteiger partial charge is 0.382 e. The van der Waals surface area contributed by atoms with E-state index < -0.39 is 17.8 Å². The molecule has 0 aromatic rings. The van der Waals surface area contributed by atoms with Crippen LogP contribution in [0.15, 0.2) is 11.9 Å². The van der Waals surface area contributed by atoms with Gasteiger partial charge in [0.25, 0.3) is 0 Å². The van der Waals surface area contributed by atoms with Crippen LogP contribution in [0, 0.1) is 17.8 Å². The molecule has 0 aliphatic heterocycles. The summed E-state index contributed by atoms with van der Waals surface area (Å²) >= 11 is 0. The third kappa shape index (κ3) is 4.98. The SMILES string of the molecule is COCCOC1CCC(C2CCC(C(F)=C(F)F)CC2)CC1. The quantitative estimate of drug-likeness (QED) is 0.635. The van der Waals surface area contributed by atoms with Gasteiger partial charge in [-0.25, -0.2) is 4.39 Å². The van der Waals surface area contributed by atoms with Gasteiger partial charge in [-0.3, -0.25) is 0 Å². The fourth-order valence-electron chi connectivity index (χ4n) is 4.02. The molecule has 22 heavy (non-hydrogen) atoms. The average molecular weight is 320 g/mol. The van der Waals surface area contributed by atoms with Crippen LogP contribution in [0.2, 0.25) is 0 Å². The van der Waals surface area contributed by atoms with Gasteiger partial charge in [-0.2, -0.15) is 8.78 Å². The van der Waals surface area contributed by atoms with E-state index in [1.807, 2.05) is 0 Å². The van der Waals surface area contributed by atoms with Crippen LogP contribution < -0.4 is 0 Å². The van der Waals surface area contributed by atoms with Gasteiger partial charge in [0.2, 0.25) is 0 Å². The van der Waals surface area contributed by atoms with Crippen LogP contribution in [-0.2, 0) is 9.47 Å². The highest BCUT2D eigenvalue weighted by atomic mass is 19.3. The van der Waals surface area contributed by atoms with Gasteiger partial charge in [0, 0.05) is 13.0 Å². The second-order valence-corrected chi connectivity index (χ2v) is 6.62. The highest BCUT2D eigenvalue weighted by Gasteiger charge is 2.33. The minimum Gasteiger partial charge on any atom is -0.382 e. The molecule has 0 saturated heterocycles. The molecule has 0 atom stereocenters. The van der Waals surface area contributed by atoms with Gasteiger partial charge in [0.1, 0.15) is 0 Å². The summed E-state index contributed by atoms with van der Waals surface area (Å²) in [4.78, 5) is 0. The summed E-state index contributed by atoms with van der Waals surface area (Å²) < 4.78 is 48.7. The molecule has 0 heterocycles. The monoisotopic (exact) mass is 320 g/mol. The predicted molar refractivity (Wildman–Crippen MR) is 79.4 cm³/mol. The first kappa shape index (κ1) is 17.8. The predicted octanol–water partition coefficient (Wildman–Crippen LogP) is 5.09. The van der Waals surface area contributed by atoms with E-state index in [1.54, 1.807) is 7.11 Å². The summed E-state index contributed by atoms with van der Waals surface area (Å²) in [5, 5.41) is 0. The maximum absolute atomic E-state index is 13.3. The van der Waals surface area contributed by atoms with Gasteiger partial charge in [0.15, 0.2) is 5.83 Å². The van der Waals surface area contributed by atoms with E-state index in [0.29, 0.717) is 44.0 Å². The van der Waals surface area contributed by atoms with Crippen molar-refractivity contribution in [2.75, 3.05) is 20.3 Å². The van der Waals surface area contributed by atoms with Crippen molar-refractivity contribution in [2.45, 2.75) is 57.5 Å². The second-order valence-electron chi connectivity index (χ2n) is 6.62. The van der Waals surface area contributed by atoms with E-state index in [2.05, 4.69) is 0 Å². The molecule has 2 rings (SSSR count). The molecule has 2 saturated carbocycles. The molecule has 0 unspecified atom stereocenters. The van der Waals surface area contributed by atoms with E-state index in [9.17, 15) is 13.2 Å². The number of halogens is 3. The summed E-state index contributed by atoms with van der Waals surface area (Å²) in [5.41, 5.74) is 0. The molecule has 0 radical (unpaired) electrons. The van der Waals surface area contributed by atoms with Crippen LogP contribution in [-0.4, -0.2) is 26.4 Å². The molecular weight excluding hydrogens is 293 g/mol. The normalized spacial score (nSPS) is 32.7. The van der Waals surface area contributed by atoms with Gasteiger partial charge in [-0.05, 0) is 63.2 Å². The molecule has 2 nitrogen and oxygen atoms in total. The van der Waals surface area contributed by atoms with Crippen LogP contribution >= 0.6 is 0 Å². The third-order valence-electron chi connectivity index (χ3n) is 5.34. The molecule has 2 aliphatic carbocycles. The van der Waals surface area contributed by atoms with E-state index in [4.69, 9.17) is 9.47 Å². The number of hydrogen-bond donors (Lipinski definition) is 0. The van der Waals surface area contributed by atoms with E-state index >= 15 is 0 Å². The smallest absolute Gasteiger partial charge is 0.301 e. The Bertz CT molecular complexity index is 353. The summed E-state index contributed by atoms with van der Waals surface area (Å²) in [6.45, 7) is 1.28. The van der Waals surface area contributed by atoms with E-state index in [1.165, 1.54) is 0 Å². The molecule has 2 fully saturated rings. The Morgan fingerprint density at radius 1 is 0.818 bits per heavy atom. The van der Waals surface area contributed by atoms with Gasteiger partial charge < -0.3 is 9.47 Å². The van der Waals surface area contributed by atoms with Crippen LogP contribution in [0.1, 0.15) is 51.4 Å². The first-order chi connectivity index (χ1) is 10.6. The Morgan fingerprint density at radius 3 is 1.86 bits per heavy atom. The average Bonchev–Trinajstić information content (AvgIpc) is 2.55. The first-order valence-electron chi connectivity index (χ1n) is 8.43. The zero-order valence-electron chi connectivity index (χ0n) is 13.3. The van der Waals surface area contributed by atoms with Crippen molar-refractivity contribution in [3.05, 3.63) is 11.9 Å². The zero-order chi connectivity index (χ0) is 15.9.